The monoisotopic (exact) mass is 206 g/mol. The van der Waals surface area contributed by atoms with Crippen molar-refractivity contribution in [1.29, 1.82) is 0 Å². The van der Waals surface area contributed by atoms with Crippen molar-refractivity contribution in [2.24, 2.45) is 5.73 Å². The average Bonchev–Trinajstić information content (AvgIpc) is 2.30. The van der Waals surface area contributed by atoms with E-state index < -0.39 is 0 Å². The van der Waals surface area contributed by atoms with Crippen LogP contribution in [0.25, 0.3) is 0 Å². The summed E-state index contributed by atoms with van der Waals surface area (Å²) < 4.78 is 0. The maximum Gasteiger partial charge on any atom is 0.133 e. The fraction of sp³-hybridized carbons (Fsp3) is 0.545. The highest BCUT2D eigenvalue weighted by molar-refractivity contribution is 5.48. The van der Waals surface area contributed by atoms with Crippen molar-refractivity contribution in [3.63, 3.8) is 0 Å². The molecule has 0 spiro atoms. The molecule has 1 aromatic rings. The van der Waals surface area contributed by atoms with Crippen molar-refractivity contribution in [3.8, 4) is 0 Å². The van der Waals surface area contributed by atoms with Gasteiger partial charge in [-0.05, 0) is 13.0 Å². The molecule has 1 aliphatic heterocycles. The highest BCUT2D eigenvalue weighted by atomic mass is 15.2. The molecule has 1 atom stereocenters. The SMILES string of the molecule is CC(N)c1cccnc1N1CCNCC1. The summed E-state index contributed by atoms with van der Waals surface area (Å²) in [6.07, 6.45) is 1.84. The molecule has 1 aromatic heterocycles. The minimum Gasteiger partial charge on any atom is -0.354 e. The van der Waals surface area contributed by atoms with Gasteiger partial charge in [0.25, 0.3) is 0 Å². The number of anilines is 1. The number of pyridine rings is 1. The Morgan fingerprint density at radius 2 is 2.20 bits per heavy atom. The molecule has 1 unspecified atom stereocenters. The van der Waals surface area contributed by atoms with Crippen LogP contribution >= 0.6 is 0 Å². The molecular formula is C11H18N4. The summed E-state index contributed by atoms with van der Waals surface area (Å²) in [5.74, 6) is 1.05. The van der Waals surface area contributed by atoms with Crippen LogP contribution in [-0.2, 0) is 0 Å². The van der Waals surface area contributed by atoms with Crippen molar-refractivity contribution >= 4 is 5.82 Å². The quantitative estimate of drug-likeness (QED) is 0.740. The Bertz CT molecular complexity index is 318. The van der Waals surface area contributed by atoms with Crippen molar-refractivity contribution < 1.29 is 0 Å². The first-order valence-corrected chi connectivity index (χ1v) is 5.45. The Morgan fingerprint density at radius 1 is 1.47 bits per heavy atom. The molecule has 0 radical (unpaired) electrons. The van der Waals surface area contributed by atoms with E-state index >= 15 is 0 Å². The van der Waals surface area contributed by atoms with Gasteiger partial charge >= 0.3 is 0 Å². The lowest BCUT2D eigenvalue weighted by Crippen LogP contribution is -2.44. The summed E-state index contributed by atoms with van der Waals surface area (Å²) in [4.78, 5) is 6.74. The Kier molecular flexibility index (Phi) is 3.18. The first-order valence-electron chi connectivity index (χ1n) is 5.45. The van der Waals surface area contributed by atoms with Crippen molar-refractivity contribution in [1.82, 2.24) is 10.3 Å². The van der Waals surface area contributed by atoms with Crippen LogP contribution in [-0.4, -0.2) is 31.2 Å². The summed E-state index contributed by atoms with van der Waals surface area (Å²) >= 11 is 0. The molecule has 82 valence electrons. The maximum absolute atomic E-state index is 5.94. The molecule has 0 saturated carbocycles. The maximum atomic E-state index is 5.94. The van der Waals surface area contributed by atoms with Gasteiger partial charge in [0.2, 0.25) is 0 Å². The van der Waals surface area contributed by atoms with Gasteiger partial charge in [0.1, 0.15) is 5.82 Å². The van der Waals surface area contributed by atoms with E-state index in [2.05, 4.69) is 21.3 Å². The number of nitrogens with zero attached hydrogens (tertiary/aromatic N) is 2. The number of hydrogen-bond donors (Lipinski definition) is 2. The highest BCUT2D eigenvalue weighted by Crippen LogP contribution is 2.22. The second kappa shape index (κ2) is 4.59. The summed E-state index contributed by atoms with van der Waals surface area (Å²) in [7, 11) is 0. The number of nitrogens with two attached hydrogens (primary N) is 1. The van der Waals surface area contributed by atoms with Crippen LogP contribution < -0.4 is 16.0 Å². The molecule has 1 aliphatic rings. The lowest BCUT2D eigenvalue weighted by Gasteiger charge is -2.30. The van der Waals surface area contributed by atoms with Gasteiger partial charge in [-0.1, -0.05) is 6.07 Å². The van der Waals surface area contributed by atoms with Gasteiger partial charge in [0, 0.05) is 44.0 Å². The molecule has 4 nitrogen and oxygen atoms in total. The van der Waals surface area contributed by atoms with Gasteiger partial charge < -0.3 is 16.0 Å². The Balaban J connectivity index is 2.25. The molecule has 0 bridgehead atoms. The second-order valence-electron chi connectivity index (χ2n) is 3.94. The number of rotatable bonds is 2. The molecule has 15 heavy (non-hydrogen) atoms. The summed E-state index contributed by atoms with van der Waals surface area (Å²) in [6.45, 7) is 6.07. The van der Waals surface area contributed by atoms with E-state index in [-0.39, 0.29) is 6.04 Å². The van der Waals surface area contributed by atoms with Crippen LogP contribution in [0.4, 0.5) is 5.82 Å². The van der Waals surface area contributed by atoms with Crippen LogP contribution in [0.15, 0.2) is 18.3 Å². The highest BCUT2D eigenvalue weighted by Gasteiger charge is 2.16. The fourth-order valence-corrected chi connectivity index (χ4v) is 1.91. The van der Waals surface area contributed by atoms with Crippen LogP contribution in [0.2, 0.25) is 0 Å². The van der Waals surface area contributed by atoms with Crippen LogP contribution in [0.5, 0.6) is 0 Å². The van der Waals surface area contributed by atoms with Gasteiger partial charge in [0.05, 0.1) is 0 Å². The third-order valence-electron chi connectivity index (χ3n) is 2.72. The lowest BCUT2D eigenvalue weighted by molar-refractivity contribution is 0.581. The zero-order chi connectivity index (χ0) is 10.7. The first kappa shape index (κ1) is 10.4. The minimum absolute atomic E-state index is 0.0450. The molecule has 2 rings (SSSR count). The molecule has 0 aromatic carbocycles. The molecule has 0 aliphatic carbocycles. The number of piperazine rings is 1. The third-order valence-corrected chi connectivity index (χ3v) is 2.72. The summed E-state index contributed by atoms with van der Waals surface area (Å²) in [5.41, 5.74) is 7.08. The molecule has 3 N–H and O–H groups in total. The van der Waals surface area contributed by atoms with Crippen LogP contribution in [0, 0.1) is 0 Å². The van der Waals surface area contributed by atoms with E-state index in [9.17, 15) is 0 Å². The molecule has 4 heteroatoms. The Labute approximate surface area is 90.5 Å². The predicted octanol–water partition coefficient (Wildman–Crippen LogP) is 0.511. The van der Waals surface area contributed by atoms with Crippen molar-refractivity contribution in [2.75, 3.05) is 31.1 Å². The predicted molar refractivity (Wildman–Crippen MR) is 61.9 cm³/mol. The summed E-state index contributed by atoms with van der Waals surface area (Å²) in [6, 6.07) is 4.06. The minimum atomic E-state index is 0.0450. The number of nitrogens with one attached hydrogen (secondary N) is 1. The van der Waals surface area contributed by atoms with Crippen molar-refractivity contribution in [3.05, 3.63) is 23.9 Å². The molecule has 0 amide bonds. The average molecular weight is 206 g/mol. The second-order valence-corrected chi connectivity index (χ2v) is 3.94. The van der Waals surface area contributed by atoms with Crippen LogP contribution in [0.1, 0.15) is 18.5 Å². The smallest absolute Gasteiger partial charge is 0.133 e. The van der Waals surface area contributed by atoms with Crippen molar-refractivity contribution in [2.45, 2.75) is 13.0 Å². The fourth-order valence-electron chi connectivity index (χ4n) is 1.91. The molecule has 1 fully saturated rings. The zero-order valence-electron chi connectivity index (χ0n) is 9.11. The van der Waals surface area contributed by atoms with Crippen LogP contribution in [0.3, 0.4) is 0 Å². The van der Waals surface area contributed by atoms with E-state index in [1.165, 1.54) is 0 Å². The first-order chi connectivity index (χ1) is 7.29. The van der Waals surface area contributed by atoms with E-state index in [1.807, 2.05) is 19.2 Å². The van der Waals surface area contributed by atoms with Gasteiger partial charge in [-0.25, -0.2) is 4.98 Å². The van der Waals surface area contributed by atoms with E-state index in [0.717, 1.165) is 37.6 Å². The largest absolute Gasteiger partial charge is 0.354 e. The normalized spacial score (nSPS) is 18.9. The van der Waals surface area contributed by atoms with Gasteiger partial charge in [-0.2, -0.15) is 0 Å². The zero-order valence-corrected chi connectivity index (χ0v) is 9.11. The van der Waals surface area contributed by atoms with Gasteiger partial charge in [0.15, 0.2) is 0 Å². The van der Waals surface area contributed by atoms with Gasteiger partial charge in [-0.3, -0.25) is 0 Å². The standard InChI is InChI=1S/C11H18N4/c1-9(12)10-3-2-4-14-11(10)15-7-5-13-6-8-15/h2-4,9,13H,5-8,12H2,1H3. The van der Waals surface area contributed by atoms with E-state index in [0.29, 0.717) is 0 Å². The van der Waals surface area contributed by atoms with E-state index in [1.54, 1.807) is 0 Å². The van der Waals surface area contributed by atoms with E-state index in [4.69, 9.17) is 5.73 Å². The van der Waals surface area contributed by atoms with Gasteiger partial charge in [-0.15, -0.1) is 0 Å². The number of hydrogen-bond acceptors (Lipinski definition) is 4. The topological polar surface area (TPSA) is 54.2 Å². The Hall–Kier alpha value is -1.13. The third kappa shape index (κ3) is 2.27. The number of aromatic nitrogens is 1. The molecular weight excluding hydrogens is 188 g/mol. The molecule has 2 heterocycles. The Morgan fingerprint density at radius 3 is 2.87 bits per heavy atom. The summed E-state index contributed by atoms with van der Waals surface area (Å²) in [5, 5.41) is 3.33. The molecule has 1 saturated heterocycles. The lowest BCUT2D eigenvalue weighted by atomic mass is 10.1.